The Balaban J connectivity index is 1.59. The zero-order valence-corrected chi connectivity index (χ0v) is 16.3. The molecule has 0 aliphatic rings. The fourth-order valence-electron chi connectivity index (χ4n) is 3.31. The van der Waals surface area contributed by atoms with E-state index in [4.69, 9.17) is 11.6 Å². The summed E-state index contributed by atoms with van der Waals surface area (Å²) in [6.07, 6.45) is 2.75. The number of carbonyl (C=O) groups excluding carboxylic acids is 1. The van der Waals surface area contributed by atoms with Crippen molar-refractivity contribution >= 4 is 28.5 Å². The first-order chi connectivity index (χ1) is 13.7. The molecular weight excluding hydrogens is 370 g/mol. The number of halogens is 1. The summed E-state index contributed by atoms with van der Waals surface area (Å²) in [4.78, 5) is 17.1. The molecule has 1 N–H and O–H groups in total. The van der Waals surface area contributed by atoms with Crippen LogP contribution in [0.15, 0.2) is 73.1 Å². The Morgan fingerprint density at radius 1 is 1.04 bits per heavy atom. The number of nitrogens with zero attached hydrogens (tertiary/aromatic N) is 2. The Hall–Kier alpha value is -3.11. The van der Waals surface area contributed by atoms with Crippen molar-refractivity contribution in [1.82, 2.24) is 14.9 Å². The molecule has 3 aromatic carbocycles. The van der Waals surface area contributed by atoms with Crippen LogP contribution in [-0.4, -0.2) is 15.5 Å². The van der Waals surface area contributed by atoms with Crippen LogP contribution in [0.5, 0.6) is 0 Å². The molecule has 28 heavy (non-hydrogen) atoms. The van der Waals surface area contributed by atoms with E-state index in [2.05, 4.69) is 33.9 Å². The highest BCUT2D eigenvalue weighted by molar-refractivity contribution is 6.31. The van der Waals surface area contributed by atoms with E-state index in [9.17, 15) is 4.79 Å². The third-order valence-electron chi connectivity index (χ3n) is 4.84. The molecule has 4 rings (SSSR count). The van der Waals surface area contributed by atoms with Crippen LogP contribution in [0, 0.1) is 0 Å². The molecule has 1 aromatic heterocycles. The molecule has 140 valence electrons. The lowest BCUT2D eigenvalue weighted by atomic mass is 10.1. The third-order valence-corrected chi connectivity index (χ3v) is 5.21. The van der Waals surface area contributed by atoms with E-state index < -0.39 is 0 Å². The number of hydrogen-bond acceptors (Lipinski definition) is 2. The largest absolute Gasteiger partial charge is 0.348 e. The number of fused-ring (bicyclic) bond motifs is 1. The lowest BCUT2D eigenvalue weighted by Crippen LogP contribution is -2.22. The van der Waals surface area contributed by atoms with E-state index in [1.807, 2.05) is 60.9 Å². The number of hydrogen-bond donors (Lipinski definition) is 1. The summed E-state index contributed by atoms with van der Waals surface area (Å²) in [5.74, 6) is -0.148. The van der Waals surface area contributed by atoms with Gasteiger partial charge in [-0.3, -0.25) is 9.36 Å². The van der Waals surface area contributed by atoms with Crippen molar-refractivity contribution in [2.24, 2.45) is 0 Å². The first kappa shape index (κ1) is 18.3. The predicted octanol–water partition coefficient (Wildman–Crippen LogP) is 5.17. The van der Waals surface area contributed by atoms with E-state index in [1.165, 1.54) is 5.56 Å². The molecule has 1 amide bonds. The second-order valence-electron chi connectivity index (χ2n) is 6.57. The van der Waals surface area contributed by atoms with Gasteiger partial charge in [0, 0.05) is 17.1 Å². The van der Waals surface area contributed by atoms with Gasteiger partial charge in [-0.25, -0.2) is 4.98 Å². The number of benzene rings is 3. The molecule has 0 fully saturated rings. The van der Waals surface area contributed by atoms with Gasteiger partial charge in [0.2, 0.25) is 0 Å². The Morgan fingerprint density at radius 3 is 2.57 bits per heavy atom. The summed E-state index contributed by atoms with van der Waals surface area (Å²) in [6, 6.07) is 21.4. The molecular formula is C23H20ClN3O. The van der Waals surface area contributed by atoms with Crippen molar-refractivity contribution < 1.29 is 4.79 Å². The second kappa shape index (κ2) is 7.87. The van der Waals surface area contributed by atoms with Crippen LogP contribution in [0.4, 0.5) is 0 Å². The number of aryl methyl sites for hydroxylation is 1. The number of carbonyl (C=O) groups is 1. The fraction of sp³-hybridized carbons (Fsp3) is 0.130. The summed E-state index contributed by atoms with van der Waals surface area (Å²) in [7, 11) is 0. The normalized spacial score (nSPS) is 10.9. The molecule has 0 saturated carbocycles. The van der Waals surface area contributed by atoms with Gasteiger partial charge in [0.05, 0.1) is 16.7 Å². The first-order valence-corrected chi connectivity index (χ1v) is 9.62. The second-order valence-corrected chi connectivity index (χ2v) is 6.98. The number of amides is 1. The van der Waals surface area contributed by atoms with Crippen LogP contribution in [0.1, 0.15) is 28.4 Å². The van der Waals surface area contributed by atoms with Crippen LogP contribution in [-0.2, 0) is 13.0 Å². The molecule has 4 nitrogen and oxygen atoms in total. The number of imidazole rings is 1. The summed E-state index contributed by atoms with van der Waals surface area (Å²) in [5, 5.41) is 3.56. The van der Waals surface area contributed by atoms with Gasteiger partial charge in [-0.2, -0.15) is 0 Å². The Labute approximate surface area is 168 Å². The molecule has 0 radical (unpaired) electrons. The molecule has 4 aromatic rings. The standard InChI is InChI=1S/C23H20ClN3O/c1-2-16-7-4-6-10-21(16)27-15-26-20-13-17(11-12-22(20)27)23(28)25-14-18-8-3-5-9-19(18)24/h3-13,15H,2,14H2,1H3,(H,25,28). The average Bonchev–Trinajstić information content (AvgIpc) is 3.16. The highest BCUT2D eigenvalue weighted by Crippen LogP contribution is 2.22. The van der Waals surface area contributed by atoms with E-state index in [-0.39, 0.29) is 5.91 Å². The molecule has 0 aliphatic heterocycles. The van der Waals surface area contributed by atoms with Gasteiger partial charge in [0.1, 0.15) is 6.33 Å². The highest BCUT2D eigenvalue weighted by Gasteiger charge is 2.12. The van der Waals surface area contributed by atoms with Gasteiger partial charge in [-0.15, -0.1) is 0 Å². The minimum absolute atomic E-state index is 0.148. The summed E-state index contributed by atoms with van der Waals surface area (Å²) < 4.78 is 2.07. The lowest BCUT2D eigenvalue weighted by Gasteiger charge is -2.10. The van der Waals surface area contributed by atoms with E-state index in [0.717, 1.165) is 28.7 Å². The fourth-order valence-corrected chi connectivity index (χ4v) is 3.51. The molecule has 0 saturated heterocycles. The van der Waals surface area contributed by atoms with Crippen LogP contribution in [0.3, 0.4) is 0 Å². The van der Waals surface area contributed by atoms with Crippen LogP contribution >= 0.6 is 11.6 Å². The van der Waals surface area contributed by atoms with Crippen LogP contribution < -0.4 is 5.32 Å². The number of nitrogens with one attached hydrogen (secondary N) is 1. The van der Waals surface area contributed by atoms with Gasteiger partial charge in [0.25, 0.3) is 5.91 Å². The van der Waals surface area contributed by atoms with Crippen molar-refractivity contribution in [3.05, 3.63) is 94.8 Å². The SMILES string of the molecule is CCc1ccccc1-n1cnc2cc(C(=O)NCc3ccccc3Cl)ccc21. The highest BCUT2D eigenvalue weighted by atomic mass is 35.5. The van der Waals surface area contributed by atoms with E-state index in [1.54, 1.807) is 0 Å². The minimum atomic E-state index is -0.148. The lowest BCUT2D eigenvalue weighted by molar-refractivity contribution is 0.0951. The molecule has 0 atom stereocenters. The Kier molecular flexibility index (Phi) is 5.13. The first-order valence-electron chi connectivity index (χ1n) is 9.24. The Morgan fingerprint density at radius 2 is 1.79 bits per heavy atom. The van der Waals surface area contributed by atoms with Gasteiger partial charge >= 0.3 is 0 Å². The number of aromatic nitrogens is 2. The Bertz CT molecular complexity index is 1150. The quantitative estimate of drug-likeness (QED) is 0.511. The molecule has 0 aliphatic carbocycles. The maximum Gasteiger partial charge on any atom is 0.251 e. The third kappa shape index (κ3) is 3.51. The van der Waals surface area contributed by atoms with Crippen LogP contribution in [0.25, 0.3) is 16.7 Å². The van der Waals surface area contributed by atoms with Gasteiger partial charge in [-0.1, -0.05) is 54.9 Å². The topological polar surface area (TPSA) is 46.9 Å². The zero-order valence-electron chi connectivity index (χ0n) is 15.5. The van der Waals surface area contributed by atoms with E-state index in [0.29, 0.717) is 17.1 Å². The van der Waals surface area contributed by atoms with E-state index >= 15 is 0 Å². The predicted molar refractivity (Wildman–Crippen MR) is 113 cm³/mol. The van der Waals surface area contributed by atoms with Gasteiger partial charge in [-0.05, 0) is 47.9 Å². The van der Waals surface area contributed by atoms with Gasteiger partial charge in [0.15, 0.2) is 0 Å². The summed E-state index contributed by atoms with van der Waals surface area (Å²) in [5.41, 5.74) is 5.60. The van der Waals surface area contributed by atoms with Crippen molar-refractivity contribution in [2.45, 2.75) is 19.9 Å². The van der Waals surface area contributed by atoms with Crippen molar-refractivity contribution in [1.29, 1.82) is 0 Å². The smallest absolute Gasteiger partial charge is 0.251 e. The molecule has 0 unspecified atom stereocenters. The number of para-hydroxylation sites is 1. The zero-order chi connectivity index (χ0) is 19.5. The van der Waals surface area contributed by atoms with Crippen LogP contribution in [0.2, 0.25) is 5.02 Å². The molecule has 5 heteroatoms. The molecule has 1 heterocycles. The van der Waals surface area contributed by atoms with Gasteiger partial charge < -0.3 is 5.32 Å². The summed E-state index contributed by atoms with van der Waals surface area (Å²) >= 11 is 6.15. The minimum Gasteiger partial charge on any atom is -0.348 e. The molecule has 0 spiro atoms. The average molecular weight is 390 g/mol. The maximum atomic E-state index is 12.6. The maximum absolute atomic E-state index is 12.6. The monoisotopic (exact) mass is 389 g/mol. The van der Waals surface area contributed by atoms with Crippen molar-refractivity contribution in [3.63, 3.8) is 0 Å². The molecule has 0 bridgehead atoms. The number of rotatable bonds is 5. The van der Waals surface area contributed by atoms with Crippen molar-refractivity contribution in [2.75, 3.05) is 0 Å². The van der Waals surface area contributed by atoms with Crippen molar-refractivity contribution in [3.8, 4) is 5.69 Å². The summed E-state index contributed by atoms with van der Waals surface area (Å²) in [6.45, 7) is 2.52.